The number of anilines is 1. The number of aromatic amines is 1. The van der Waals surface area contributed by atoms with E-state index in [2.05, 4.69) is 57.3 Å². The number of benzene rings is 1. The Morgan fingerprint density at radius 2 is 2.12 bits per heavy atom. The van der Waals surface area contributed by atoms with Crippen molar-refractivity contribution in [2.24, 2.45) is 5.92 Å². The highest BCUT2D eigenvalue weighted by Crippen LogP contribution is 2.29. The van der Waals surface area contributed by atoms with Crippen LogP contribution in [0.4, 0.5) is 5.82 Å². The number of aromatic nitrogens is 3. The van der Waals surface area contributed by atoms with Gasteiger partial charge in [-0.25, -0.2) is 9.97 Å². The summed E-state index contributed by atoms with van der Waals surface area (Å²) < 4.78 is 0. The van der Waals surface area contributed by atoms with Gasteiger partial charge < -0.3 is 10.3 Å². The van der Waals surface area contributed by atoms with Crippen molar-refractivity contribution in [2.45, 2.75) is 38.3 Å². The minimum absolute atomic E-state index is 0.481. The van der Waals surface area contributed by atoms with Crippen LogP contribution in [0, 0.1) is 12.8 Å². The summed E-state index contributed by atoms with van der Waals surface area (Å²) in [7, 11) is 0. The first-order valence-electron chi connectivity index (χ1n) is 9.42. The zero-order chi connectivity index (χ0) is 17.5. The molecule has 2 aromatic heterocycles. The summed E-state index contributed by atoms with van der Waals surface area (Å²) in [6, 6.07) is 11.6. The molecule has 2 aliphatic rings. The molecule has 3 aromatic rings. The summed E-state index contributed by atoms with van der Waals surface area (Å²) in [6.45, 7) is 3.14. The number of rotatable bonds is 3. The summed E-state index contributed by atoms with van der Waals surface area (Å²) in [6.07, 6.45) is 5.40. The van der Waals surface area contributed by atoms with E-state index in [1.54, 1.807) is 0 Å². The van der Waals surface area contributed by atoms with Gasteiger partial charge in [0.25, 0.3) is 0 Å². The smallest absolute Gasteiger partial charge is 0.161 e. The number of aryl methyl sites for hydroxylation is 1. The van der Waals surface area contributed by atoms with E-state index in [0.29, 0.717) is 18.0 Å². The van der Waals surface area contributed by atoms with E-state index >= 15 is 0 Å². The van der Waals surface area contributed by atoms with Crippen LogP contribution in [-0.4, -0.2) is 33.6 Å². The molecular weight excluding hydrogens is 324 g/mol. The maximum atomic E-state index is 4.77. The van der Waals surface area contributed by atoms with Crippen LogP contribution in [0.25, 0.3) is 22.3 Å². The number of H-pyrrole nitrogens is 1. The number of fused-ring (bicyclic) bond motifs is 2. The Kier molecular flexibility index (Phi) is 3.87. The van der Waals surface area contributed by atoms with Gasteiger partial charge in [-0.2, -0.15) is 0 Å². The fraction of sp³-hybridized carbons (Fsp3) is 0.400. The minimum Gasteiger partial charge on any atom is -0.367 e. The van der Waals surface area contributed by atoms with Crippen LogP contribution in [-0.2, 0) is 0 Å². The fourth-order valence-electron chi connectivity index (χ4n) is 4.33. The summed E-state index contributed by atoms with van der Waals surface area (Å²) in [5.41, 5.74) is 10.0. The number of hydrazine groups is 1. The predicted octanol–water partition coefficient (Wildman–Crippen LogP) is 2.99. The first-order valence-corrected chi connectivity index (χ1v) is 9.42. The Balaban J connectivity index is 1.36. The van der Waals surface area contributed by atoms with E-state index in [4.69, 9.17) is 4.98 Å². The highest BCUT2D eigenvalue weighted by Gasteiger charge is 2.33. The monoisotopic (exact) mass is 348 g/mol. The third-order valence-corrected chi connectivity index (χ3v) is 5.66. The molecule has 3 heterocycles. The molecule has 6 nitrogen and oxygen atoms in total. The molecule has 1 aliphatic carbocycles. The molecule has 0 amide bonds. The van der Waals surface area contributed by atoms with Gasteiger partial charge in [0.1, 0.15) is 5.82 Å². The zero-order valence-corrected chi connectivity index (χ0v) is 14.9. The van der Waals surface area contributed by atoms with Crippen LogP contribution in [0.15, 0.2) is 36.5 Å². The molecular formula is C20H24N6. The highest BCUT2D eigenvalue weighted by molar-refractivity contribution is 5.84. The van der Waals surface area contributed by atoms with Crippen molar-refractivity contribution in [2.75, 3.05) is 11.9 Å². The summed E-state index contributed by atoms with van der Waals surface area (Å²) >= 11 is 0. The second kappa shape index (κ2) is 6.37. The van der Waals surface area contributed by atoms with Crippen LogP contribution in [0.5, 0.6) is 0 Å². The third-order valence-electron chi connectivity index (χ3n) is 5.66. The molecule has 3 unspecified atom stereocenters. The van der Waals surface area contributed by atoms with Gasteiger partial charge in [0.05, 0.1) is 0 Å². The second-order valence-corrected chi connectivity index (χ2v) is 7.57. The Bertz CT molecular complexity index is 933. The van der Waals surface area contributed by atoms with E-state index in [0.717, 1.165) is 29.3 Å². The van der Waals surface area contributed by atoms with Gasteiger partial charge in [-0.1, -0.05) is 12.1 Å². The summed E-state index contributed by atoms with van der Waals surface area (Å²) in [5, 5.41) is 4.85. The molecule has 0 spiro atoms. The molecule has 1 aliphatic heterocycles. The van der Waals surface area contributed by atoms with Gasteiger partial charge in [-0.05, 0) is 55.7 Å². The first-order chi connectivity index (χ1) is 12.7. The summed E-state index contributed by atoms with van der Waals surface area (Å²) in [4.78, 5) is 12.6. The van der Waals surface area contributed by atoms with Crippen molar-refractivity contribution in [3.8, 4) is 11.4 Å². The zero-order valence-electron chi connectivity index (χ0n) is 14.9. The number of hydrogen-bond acceptors (Lipinski definition) is 5. The molecule has 26 heavy (non-hydrogen) atoms. The molecule has 4 N–H and O–H groups in total. The van der Waals surface area contributed by atoms with Gasteiger partial charge in [-0.3, -0.25) is 10.9 Å². The molecule has 0 radical (unpaired) electrons. The Labute approximate surface area is 152 Å². The lowest BCUT2D eigenvalue weighted by Gasteiger charge is -2.31. The lowest BCUT2D eigenvalue weighted by atomic mass is 9.83. The third kappa shape index (κ3) is 2.95. The van der Waals surface area contributed by atoms with Crippen molar-refractivity contribution in [3.63, 3.8) is 0 Å². The predicted molar refractivity (Wildman–Crippen MR) is 104 cm³/mol. The van der Waals surface area contributed by atoms with E-state index in [1.165, 1.54) is 30.3 Å². The SMILES string of the molecule is Cc1cc2ccc(-c3nccc(NC4CCC5NNCC5C4)n3)cc2[nH]1. The Hall–Kier alpha value is -2.44. The van der Waals surface area contributed by atoms with Crippen LogP contribution < -0.4 is 16.2 Å². The standard InChI is InChI=1S/C20H24N6/c1-12-8-13-2-3-14(10-18(13)23-12)20-21-7-6-19(25-20)24-16-4-5-17-15(9-16)11-22-26-17/h2-3,6-8,10,15-17,22-23,26H,4-5,9,11H2,1H3,(H,21,24,25). The van der Waals surface area contributed by atoms with Gasteiger partial charge in [0.2, 0.25) is 0 Å². The lowest BCUT2D eigenvalue weighted by molar-refractivity contribution is 0.314. The second-order valence-electron chi connectivity index (χ2n) is 7.57. The van der Waals surface area contributed by atoms with Crippen molar-refractivity contribution in [1.29, 1.82) is 0 Å². The molecule has 0 bridgehead atoms. The Morgan fingerprint density at radius 1 is 1.15 bits per heavy atom. The molecule has 1 saturated heterocycles. The van der Waals surface area contributed by atoms with Crippen LogP contribution >= 0.6 is 0 Å². The quantitative estimate of drug-likeness (QED) is 0.585. The first kappa shape index (κ1) is 15.8. The average molecular weight is 348 g/mol. The molecule has 134 valence electrons. The minimum atomic E-state index is 0.481. The molecule has 3 atom stereocenters. The Morgan fingerprint density at radius 3 is 3.08 bits per heavy atom. The highest BCUT2D eigenvalue weighted by atomic mass is 15.4. The van der Waals surface area contributed by atoms with Crippen molar-refractivity contribution < 1.29 is 0 Å². The van der Waals surface area contributed by atoms with Gasteiger partial charge in [0.15, 0.2) is 5.82 Å². The van der Waals surface area contributed by atoms with Crippen molar-refractivity contribution in [1.82, 2.24) is 25.8 Å². The summed E-state index contributed by atoms with van der Waals surface area (Å²) in [5.74, 6) is 2.39. The van der Waals surface area contributed by atoms with Gasteiger partial charge in [-0.15, -0.1) is 0 Å². The lowest BCUT2D eigenvalue weighted by Crippen LogP contribution is -2.39. The maximum absolute atomic E-state index is 4.77. The van der Waals surface area contributed by atoms with Crippen LogP contribution in [0.1, 0.15) is 25.0 Å². The molecule has 1 aromatic carbocycles. The normalized spacial score (nSPS) is 25.3. The molecule has 2 fully saturated rings. The number of nitrogens with zero attached hydrogens (tertiary/aromatic N) is 2. The molecule has 6 heteroatoms. The fourth-order valence-corrected chi connectivity index (χ4v) is 4.33. The molecule has 1 saturated carbocycles. The van der Waals surface area contributed by atoms with Crippen LogP contribution in [0.2, 0.25) is 0 Å². The topological polar surface area (TPSA) is 77.7 Å². The van der Waals surface area contributed by atoms with Crippen LogP contribution in [0.3, 0.4) is 0 Å². The van der Waals surface area contributed by atoms with Crippen molar-refractivity contribution in [3.05, 3.63) is 42.2 Å². The molecule has 5 rings (SSSR count). The number of hydrogen-bond donors (Lipinski definition) is 4. The average Bonchev–Trinajstić information content (AvgIpc) is 3.26. The van der Waals surface area contributed by atoms with Crippen molar-refractivity contribution >= 4 is 16.7 Å². The van der Waals surface area contributed by atoms with E-state index in [-0.39, 0.29) is 0 Å². The van der Waals surface area contributed by atoms with Gasteiger partial charge in [0, 0.05) is 41.6 Å². The van der Waals surface area contributed by atoms with E-state index in [1.807, 2.05) is 12.3 Å². The van der Waals surface area contributed by atoms with E-state index in [9.17, 15) is 0 Å². The van der Waals surface area contributed by atoms with Gasteiger partial charge >= 0.3 is 0 Å². The number of nitrogens with one attached hydrogen (secondary N) is 4. The maximum Gasteiger partial charge on any atom is 0.161 e. The largest absolute Gasteiger partial charge is 0.367 e. The van der Waals surface area contributed by atoms with E-state index < -0.39 is 0 Å².